The summed E-state index contributed by atoms with van der Waals surface area (Å²) in [5.74, 6) is -0.0536. The molecule has 20 heavy (non-hydrogen) atoms. The van der Waals surface area contributed by atoms with Crippen LogP contribution in [0.4, 0.5) is 5.69 Å². The summed E-state index contributed by atoms with van der Waals surface area (Å²) in [6.07, 6.45) is 5.59. The maximum absolute atomic E-state index is 12.4. The standard InChI is InChI=1S/C16H24N2O2/c1-20-12-9-13-7-3-4-8-14(13)18-15(19)16(17)10-5-2-6-11-16/h3-4,7-8H,2,5-6,9-12,17H2,1H3,(H,18,19). The van der Waals surface area contributed by atoms with Crippen LogP contribution in [0.3, 0.4) is 0 Å². The lowest BCUT2D eigenvalue weighted by Crippen LogP contribution is -2.52. The van der Waals surface area contributed by atoms with Crippen molar-refractivity contribution in [2.45, 2.75) is 44.1 Å². The molecule has 1 saturated carbocycles. The van der Waals surface area contributed by atoms with Crippen molar-refractivity contribution in [3.63, 3.8) is 0 Å². The van der Waals surface area contributed by atoms with E-state index in [4.69, 9.17) is 10.5 Å². The number of hydrogen-bond acceptors (Lipinski definition) is 3. The molecular formula is C16H24N2O2. The Balaban J connectivity index is 2.07. The minimum Gasteiger partial charge on any atom is -0.384 e. The normalized spacial score (nSPS) is 17.7. The molecule has 0 heterocycles. The number of amides is 1. The van der Waals surface area contributed by atoms with Crippen molar-refractivity contribution in [2.75, 3.05) is 19.0 Å². The molecule has 0 atom stereocenters. The molecule has 1 aromatic rings. The zero-order valence-electron chi connectivity index (χ0n) is 12.2. The molecule has 0 aliphatic heterocycles. The van der Waals surface area contributed by atoms with E-state index < -0.39 is 5.54 Å². The van der Waals surface area contributed by atoms with E-state index in [-0.39, 0.29) is 5.91 Å². The van der Waals surface area contributed by atoms with Crippen LogP contribution < -0.4 is 11.1 Å². The number of carbonyl (C=O) groups excluding carboxylic acids is 1. The Kier molecular flexibility index (Phi) is 5.15. The van der Waals surface area contributed by atoms with Crippen LogP contribution in [0.5, 0.6) is 0 Å². The topological polar surface area (TPSA) is 64.3 Å². The van der Waals surface area contributed by atoms with E-state index in [0.29, 0.717) is 6.61 Å². The zero-order chi connectivity index (χ0) is 14.4. The van der Waals surface area contributed by atoms with Crippen molar-refractivity contribution >= 4 is 11.6 Å². The first-order chi connectivity index (χ1) is 9.65. The smallest absolute Gasteiger partial charge is 0.244 e. The van der Waals surface area contributed by atoms with Gasteiger partial charge in [-0.2, -0.15) is 0 Å². The lowest BCUT2D eigenvalue weighted by Gasteiger charge is -2.32. The molecule has 4 nitrogen and oxygen atoms in total. The van der Waals surface area contributed by atoms with Gasteiger partial charge in [0.15, 0.2) is 0 Å². The molecule has 0 unspecified atom stereocenters. The van der Waals surface area contributed by atoms with Crippen molar-refractivity contribution in [1.29, 1.82) is 0 Å². The Morgan fingerprint density at radius 2 is 2.00 bits per heavy atom. The number of methoxy groups -OCH3 is 1. The summed E-state index contributed by atoms with van der Waals surface area (Å²) in [7, 11) is 1.68. The van der Waals surface area contributed by atoms with Crippen LogP contribution in [0.1, 0.15) is 37.7 Å². The molecule has 1 aliphatic rings. The SMILES string of the molecule is COCCc1ccccc1NC(=O)C1(N)CCCCC1. The van der Waals surface area contributed by atoms with E-state index in [1.54, 1.807) is 7.11 Å². The summed E-state index contributed by atoms with van der Waals surface area (Å²) in [5, 5.41) is 3.01. The highest BCUT2D eigenvalue weighted by Gasteiger charge is 2.35. The molecule has 3 N–H and O–H groups in total. The molecule has 1 aromatic carbocycles. The molecule has 4 heteroatoms. The lowest BCUT2D eigenvalue weighted by molar-refractivity contribution is -0.122. The van der Waals surface area contributed by atoms with Gasteiger partial charge >= 0.3 is 0 Å². The Bertz CT molecular complexity index is 454. The van der Waals surface area contributed by atoms with Crippen LogP contribution in [0.25, 0.3) is 0 Å². The maximum Gasteiger partial charge on any atom is 0.244 e. The number of hydrogen-bond donors (Lipinski definition) is 2. The molecule has 2 rings (SSSR count). The average molecular weight is 276 g/mol. The Morgan fingerprint density at radius 1 is 1.30 bits per heavy atom. The lowest BCUT2D eigenvalue weighted by atomic mass is 9.82. The molecule has 0 aromatic heterocycles. The van der Waals surface area contributed by atoms with Crippen molar-refractivity contribution in [3.8, 4) is 0 Å². The molecule has 0 radical (unpaired) electrons. The number of nitrogens with two attached hydrogens (primary N) is 1. The second kappa shape index (κ2) is 6.86. The number of benzene rings is 1. The Labute approximate surface area is 120 Å². The summed E-state index contributed by atoms with van der Waals surface area (Å²) in [4.78, 5) is 12.4. The molecule has 0 spiro atoms. The minimum absolute atomic E-state index is 0.0536. The predicted molar refractivity (Wildman–Crippen MR) is 80.7 cm³/mol. The van der Waals surface area contributed by atoms with Gasteiger partial charge in [-0.1, -0.05) is 37.5 Å². The van der Waals surface area contributed by atoms with Gasteiger partial charge in [-0.05, 0) is 30.9 Å². The Morgan fingerprint density at radius 3 is 2.70 bits per heavy atom. The van der Waals surface area contributed by atoms with Gasteiger partial charge in [0.25, 0.3) is 0 Å². The van der Waals surface area contributed by atoms with E-state index >= 15 is 0 Å². The maximum atomic E-state index is 12.4. The molecule has 0 saturated heterocycles. The molecule has 110 valence electrons. The van der Waals surface area contributed by atoms with Crippen molar-refractivity contribution < 1.29 is 9.53 Å². The zero-order valence-corrected chi connectivity index (χ0v) is 12.2. The highest BCUT2D eigenvalue weighted by atomic mass is 16.5. The minimum atomic E-state index is -0.702. The van der Waals surface area contributed by atoms with E-state index in [1.165, 1.54) is 6.42 Å². The van der Waals surface area contributed by atoms with Gasteiger partial charge in [0, 0.05) is 12.8 Å². The summed E-state index contributed by atoms with van der Waals surface area (Å²) >= 11 is 0. The summed E-state index contributed by atoms with van der Waals surface area (Å²) in [6, 6.07) is 7.84. The highest BCUT2D eigenvalue weighted by molar-refractivity contribution is 5.98. The molecule has 1 fully saturated rings. The fraction of sp³-hybridized carbons (Fsp3) is 0.562. The van der Waals surface area contributed by atoms with Crippen LogP contribution in [-0.2, 0) is 16.0 Å². The number of rotatable bonds is 5. The summed E-state index contributed by atoms with van der Waals surface area (Å²) in [6.45, 7) is 0.640. The van der Waals surface area contributed by atoms with Gasteiger partial charge in [-0.25, -0.2) is 0 Å². The van der Waals surface area contributed by atoms with Gasteiger partial charge in [0.05, 0.1) is 12.1 Å². The van der Waals surface area contributed by atoms with Crippen molar-refractivity contribution in [2.24, 2.45) is 5.73 Å². The van der Waals surface area contributed by atoms with Crippen LogP contribution in [0.2, 0.25) is 0 Å². The molecule has 1 aliphatic carbocycles. The van der Waals surface area contributed by atoms with Crippen molar-refractivity contribution in [1.82, 2.24) is 0 Å². The van der Waals surface area contributed by atoms with Gasteiger partial charge in [0.1, 0.15) is 0 Å². The van der Waals surface area contributed by atoms with Crippen LogP contribution in [0.15, 0.2) is 24.3 Å². The second-order valence-corrected chi connectivity index (χ2v) is 5.57. The monoisotopic (exact) mass is 276 g/mol. The quantitative estimate of drug-likeness (QED) is 0.868. The van der Waals surface area contributed by atoms with E-state index in [9.17, 15) is 4.79 Å². The summed E-state index contributed by atoms with van der Waals surface area (Å²) in [5.41, 5.74) is 7.50. The largest absolute Gasteiger partial charge is 0.384 e. The number of ether oxygens (including phenoxy) is 1. The summed E-state index contributed by atoms with van der Waals surface area (Å²) < 4.78 is 5.10. The number of nitrogens with one attached hydrogen (secondary N) is 1. The van der Waals surface area contributed by atoms with Gasteiger partial charge < -0.3 is 15.8 Å². The number of para-hydroxylation sites is 1. The van der Waals surface area contributed by atoms with Gasteiger partial charge in [-0.3, -0.25) is 4.79 Å². The third-order valence-electron chi connectivity index (χ3n) is 4.04. The first kappa shape index (κ1) is 15.0. The molecular weight excluding hydrogens is 252 g/mol. The fourth-order valence-corrected chi connectivity index (χ4v) is 2.73. The fourth-order valence-electron chi connectivity index (χ4n) is 2.73. The second-order valence-electron chi connectivity index (χ2n) is 5.57. The third-order valence-corrected chi connectivity index (χ3v) is 4.04. The first-order valence-corrected chi connectivity index (χ1v) is 7.33. The Hall–Kier alpha value is -1.39. The number of carbonyl (C=O) groups is 1. The van der Waals surface area contributed by atoms with E-state index in [1.807, 2.05) is 24.3 Å². The number of anilines is 1. The van der Waals surface area contributed by atoms with E-state index in [0.717, 1.165) is 43.4 Å². The van der Waals surface area contributed by atoms with Gasteiger partial charge in [-0.15, -0.1) is 0 Å². The van der Waals surface area contributed by atoms with E-state index in [2.05, 4.69) is 5.32 Å². The van der Waals surface area contributed by atoms with Gasteiger partial charge in [0.2, 0.25) is 5.91 Å². The first-order valence-electron chi connectivity index (χ1n) is 7.33. The van der Waals surface area contributed by atoms with Crippen LogP contribution in [0, 0.1) is 0 Å². The van der Waals surface area contributed by atoms with Crippen molar-refractivity contribution in [3.05, 3.63) is 29.8 Å². The predicted octanol–water partition coefficient (Wildman–Crippen LogP) is 2.48. The molecule has 1 amide bonds. The van der Waals surface area contributed by atoms with Crippen LogP contribution >= 0.6 is 0 Å². The molecule has 0 bridgehead atoms. The average Bonchev–Trinajstić information content (AvgIpc) is 2.47. The van der Waals surface area contributed by atoms with Crippen LogP contribution in [-0.4, -0.2) is 25.2 Å². The third kappa shape index (κ3) is 3.58. The highest BCUT2D eigenvalue weighted by Crippen LogP contribution is 2.27.